The number of benzene rings is 1. The van der Waals surface area contributed by atoms with Gasteiger partial charge in [-0.3, -0.25) is 0 Å². The molecular weight excluding hydrogens is 262 g/mol. The zero-order chi connectivity index (χ0) is 14.8. The number of aromatic nitrogens is 2. The predicted octanol–water partition coefficient (Wildman–Crippen LogP) is 2.74. The molecule has 3 atom stereocenters. The van der Waals surface area contributed by atoms with Gasteiger partial charge in [0.25, 0.3) is 0 Å². The van der Waals surface area contributed by atoms with E-state index in [1.54, 1.807) is 0 Å². The van der Waals surface area contributed by atoms with Crippen molar-refractivity contribution in [3.05, 3.63) is 30.1 Å². The van der Waals surface area contributed by atoms with Crippen LogP contribution in [0.25, 0.3) is 11.0 Å². The first-order chi connectivity index (χ1) is 10.2. The molecule has 1 saturated heterocycles. The van der Waals surface area contributed by atoms with Crippen molar-refractivity contribution in [2.45, 2.75) is 51.8 Å². The molecular formula is C17H25N3O. The molecule has 114 valence electrons. The van der Waals surface area contributed by atoms with E-state index in [0.29, 0.717) is 5.92 Å². The van der Waals surface area contributed by atoms with Crippen LogP contribution in [0, 0.1) is 5.92 Å². The maximum absolute atomic E-state index is 6.41. The summed E-state index contributed by atoms with van der Waals surface area (Å²) in [6, 6.07) is 8.35. The Balaban J connectivity index is 1.87. The van der Waals surface area contributed by atoms with Crippen molar-refractivity contribution in [2.24, 2.45) is 11.7 Å². The van der Waals surface area contributed by atoms with E-state index < -0.39 is 0 Å². The fraction of sp³-hybridized carbons (Fsp3) is 0.588. The zero-order valence-corrected chi connectivity index (χ0v) is 13.0. The lowest BCUT2D eigenvalue weighted by molar-refractivity contribution is 0.0719. The van der Waals surface area contributed by atoms with Crippen molar-refractivity contribution >= 4 is 11.0 Å². The molecule has 3 unspecified atom stereocenters. The summed E-state index contributed by atoms with van der Waals surface area (Å²) in [6.07, 6.45) is 3.16. The number of hydrogen-bond acceptors (Lipinski definition) is 3. The number of para-hydroxylation sites is 2. The Morgan fingerprint density at radius 2 is 2.24 bits per heavy atom. The SMILES string of the molecule is CCCn1c(CC(N)C2OCCC2C)nc2ccccc21. The molecule has 1 fully saturated rings. The highest BCUT2D eigenvalue weighted by Gasteiger charge is 2.30. The quantitative estimate of drug-likeness (QED) is 0.920. The summed E-state index contributed by atoms with van der Waals surface area (Å²) in [7, 11) is 0. The van der Waals surface area contributed by atoms with Gasteiger partial charge in [0.2, 0.25) is 0 Å². The van der Waals surface area contributed by atoms with Crippen LogP contribution in [0.2, 0.25) is 0 Å². The van der Waals surface area contributed by atoms with Crippen molar-refractivity contribution in [2.75, 3.05) is 6.61 Å². The van der Waals surface area contributed by atoms with E-state index in [2.05, 4.69) is 36.6 Å². The summed E-state index contributed by atoms with van der Waals surface area (Å²) in [4.78, 5) is 4.80. The molecule has 21 heavy (non-hydrogen) atoms. The largest absolute Gasteiger partial charge is 0.376 e. The van der Waals surface area contributed by atoms with Gasteiger partial charge in [-0.15, -0.1) is 0 Å². The molecule has 4 nitrogen and oxygen atoms in total. The second-order valence-electron chi connectivity index (χ2n) is 6.14. The Bertz CT molecular complexity index is 607. The number of rotatable bonds is 5. The summed E-state index contributed by atoms with van der Waals surface area (Å²) in [6.45, 7) is 6.25. The normalized spacial score (nSPS) is 23.8. The van der Waals surface area contributed by atoms with E-state index in [-0.39, 0.29) is 12.1 Å². The smallest absolute Gasteiger partial charge is 0.111 e. The van der Waals surface area contributed by atoms with Gasteiger partial charge in [-0.1, -0.05) is 26.0 Å². The van der Waals surface area contributed by atoms with Crippen molar-refractivity contribution in [1.29, 1.82) is 0 Å². The number of fused-ring (bicyclic) bond motifs is 1. The van der Waals surface area contributed by atoms with Crippen LogP contribution in [0.5, 0.6) is 0 Å². The first kappa shape index (κ1) is 14.5. The van der Waals surface area contributed by atoms with Crippen LogP contribution < -0.4 is 5.73 Å². The number of nitrogens with zero attached hydrogens (tertiary/aromatic N) is 2. The average Bonchev–Trinajstić information content (AvgIpc) is 3.04. The van der Waals surface area contributed by atoms with Crippen LogP contribution in [0.15, 0.2) is 24.3 Å². The molecule has 2 aromatic rings. The minimum Gasteiger partial charge on any atom is -0.376 e. The van der Waals surface area contributed by atoms with Crippen LogP contribution in [0.1, 0.15) is 32.5 Å². The monoisotopic (exact) mass is 287 g/mol. The number of nitrogens with two attached hydrogens (primary N) is 1. The zero-order valence-electron chi connectivity index (χ0n) is 13.0. The average molecular weight is 287 g/mol. The van der Waals surface area contributed by atoms with Crippen LogP contribution in [-0.4, -0.2) is 28.3 Å². The molecule has 1 aromatic carbocycles. The van der Waals surface area contributed by atoms with Crippen LogP contribution >= 0.6 is 0 Å². The van der Waals surface area contributed by atoms with Gasteiger partial charge in [0.15, 0.2) is 0 Å². The summed E-state index contributed by atoms with van der Waals surface area (Å²) >= 11 is 0. The number of imidazole rings is 1. The van der Waals surface area contributed by atoms with E-state index in [1.165, 1.54) is 5.52 Å². The first-order valence-corrected chi connectivity index (χ1v) is 8.02. The molecule has 0 bridgehead atoms. The Morgan fingerprint density at radius 3 is 2.95 bits per heavy atom. The second-order valence-corrected chi connectivity index (χ2v) is 6.14. The lowest BCUT2D eigenvalue weighted by Gasteiger charge is -2.22. The molecule has 2 N–H and O–H groups in total. The minimum atomic E-state index is 0.0231. The van der Waals surface area contributed by atoms with Gasteiger partial charge in [0.1, 0.15) is 5.82 Å². The highest BCUT2D eigenvalue weighted by atomic mass is 16.5. The third-order valence-electron chi connectivity index (χ3n) is 4.47. The van der Waals surface area contributed by atoms with Gasteiger partial charge >= 0.3 is 0 Å². The van der Waals surface area contributed by atoms with Gasteiger partial charge in [0.05, 0.1) is 17.1 Å². The van der Waals surface area contributed by atoms with Crippen LogP contribution in [-0.2, 0) is 17.7 Å². The Hall–Kier alpha value is -1.39. The topological polar surface area (TPSA) is 53.1 Å². The van der Waals surface area contributed by atoms with Crippen LogP contribution in [0.3, 0.4) is 0 Å². The first-order valence-electron chi connectivity index (χ1n) is 8.02. The maximum Gasteiger partial charge on any atom is 0.111 e. The number of hydrogen-bond donors (Lipinski definition) is 1. The van der Waals surface area contributed by atoms with Crippen molar-refractivity contribution in [1.82, 2.24) is 9.55 Å². The molecule has 0 amide bonds. The van der Waals surface area contributed by atoms with E-state index in [0.717, 1.165) is 43.8 Å². The Morgan fingerprint density at radius 1 is 1.43 bits per heavy atom. The van der Waals surface area contributed by atoms with E-state index >= 15 is 0 Å². The molecule has 0 radical (unpaired) electrons. The summed E-state index contributed by atoms with van der Waals surface area (Å²) in [5, 5.41) is 0. The number of aryl methyl sites for hydroxylation is 1. The molecule has 0 aliphatic carbocycles. The maximum atomic E-state index is 6.41. The molecule has 1 aliphatic heterocycles. The fourth-order valence-electron chi connectivity index (χ4n) is 3.35. The number of ether oxygens (including phenoxy) is 1. The summed E-state index contributed by atoms with van der Waals surface area (Å²) < 4.78 is 8.13. The molecule has 3 rings (SSSR count). The van der Waals surface area contributed by atoms with Gasteiger partial charge in [-0.25, -0.2) is 4.98 Å². The Labute approximate surface area is 126 Å². The minimum absolute atomic E-state index is 0.0231. The van der Waals surface area contributed by atoms with Crippen molar-refractivity contribution < 1.29 is 4.74 Å². The van der Waals surface area contributed by atoms with E-state index in [9.17, 15) is 0 Å². The highest BCUT2D eigenvalue weighted by Crippen LogP contribution is 2.25. The van der Waals surface area contributed by atoms with Gasteiger partial charge in [-0.2, -0.15) is 0 Å². The predicted molar refractivity (Wildman–Crippen MR) is 85.2 cm³/mol. The third kappa shape index (κ3) is 2.83. The fourth-order valence-corrected chi connectivity index (χ4v) is 3.35. The summed E-state index contributed by atoms with van der Waals surface area (Å²) in [5.74, 6) is 1.64. The lowest BCUT2D eigenvalue weighted by Crippen LogP contribution is -2.40. The van der Waals surface area contributed by atoms with E-state index in [4.69, 9.17) is 15.5 Å². The molecule has 1 aromatic heterocycles. The van der Waals surface area contributed by atoms with Gasteiger partial charge in [0, 0.05) is 25.6 Å². The molecule has 0 spiro atoms. The highest BCUT2D eigenvalue weighted by molar-refractivity contribution is 5.75. The third-order valence-corrected chi connectivity index (χ3v) is 4.47. The summed E-state index contributed by atoms with van der Waals surface area (Å²) in [5.41, 5.74) is 8.68. The Kier molecular flexibility index (Phi) is 4.27. The van der Waals surface area contributed by atoms with E-state index in [1.807, 2.05) is 6.07 Å². The van der Waals surface area contributed by atoms with Crippen LogP contribution in [0.4, 0.5) is 0 Å². The van der Waals surface area contributed by atoms with Crippen molar-refractivity contribution in [3.63, 3.8) is 0 Å². The molecule has 0 saturated carbocycles. The molecule has 1 aliphatic rings. The molecule has 2 heterocycles. The van der Waals surface area contributed by atoms with Gasteiger partial charge < -0.3 is 15.0 Å². The van der Waals surface area contributed by atoms with Gasteiger partial charge in [-0.05, 0) is 30.9 Å². The molecule has 4 heteroatoms. The van der Waals surface area contributed by atoms with Crippen molar-refractivity contribution in [3.8, 4) is 0 Å². The standard InChI is InChI=1S/C17H25N3O/c1-3-9-20-15-7-5-4-6-14(15)19-16(20)11-13(18)17-12(2)8-10-21-17/h4-7,12-13,17H,3,8-11,18H2,1-2H3. The second kappa shape index (κ2) is 6.16. The lowest BCUT2D eigenvalue weighted by atomic mass is 9.96.